The maximum atomic E-state index is 4.14. The number of unbranched alkanes of at least 4 members (excludes halogenated alkanes) is 10. The van der Waals surface area contributed by atoms with E-state index in [9.17, 15) is 0 Å². The van der Waals surface area contributed by atoms with Crippen LogP contribution in [0.4, 0.5) is 28.4 Å². The van der Waals surface area contributed by atoms with Crippen molar-refractivity contribution < 1.29 is 0 Å². The monoisotopic (exact) mass is 807 g/mol. The molecule has 0 fully saturated rings. The largest absolute Gasteiger partial charge is 0.334 e. The van der Waals surface area contributed by atoms with Gasteiger partial charge in [0.1, 0.15) is 0 Å². The molecule has 0 heterocycles. The first-order valence-corrected chi connectivity index (χ1v) is 23.6. The molecule has 0 spiro atoms. The Morgan fingerprint density at radius 1 is 0.557 bits per heavy atom. The van der Waals surface area contributed by atoms with E-state index in [0.717, 1.165) is 23.2 Å². The SMILES string of the molecule is C=Cc1cccc(N(c2cccc(C)c2)c2ccc3c(c2)C(CCCCCCCC)(CCCCCCCC)C2=C3C=CC(N(c3cccc(C)c3)c3cccc(C=C)c3)C2)c1. The Morgan fingerprint density at radius 3 is 1.64 bits per heavy atom. The highest BCUT2D eigenvalue weighted by molar-refractivity contribution is 5.90. The van der Waals surface area contributed by atoms with Crippen molar-refractivity contribution in [3.63, 3.8) is 0 Å². The molecule has 61 heavy (non-hydrogen) atoms. The fourth-order valence-electron chi connectivity index (χ4n) is 10.3. The average Bonchev–Trinajstić information content (AvgIpc) is 3.54. The maximum Gasteiger partial charge on any atom is 0.0563 e. The third-order valence-electron chi connectivity index (χ3n) is 13.4. The van der Waals surface area contributed by atoms with Crippen LogP contribution in [0.15, 0.2) is 146 Å². The van der Waals surface area contributed by atoms with E-state index in [4.69, 9.17) is 0 Å². The van der Waals surface area contributed by atoms with Crippen LogP contribution in [-0.4, -0.2) is 6.04 Å². The van der Waals surface area contributed by atoms with Gasteiger partial charge in [0.2, 0.25) is 0 Å². The quantitative estimate of drug-likeness (QED) is 0.0643. The van der Waals surface area contributed by atoms with E-state index in [1.807, 2.05) is 12.2 Å². The molecule has 5 aromatic carbocycles. The smallest absolute Gasteiger partial charge is 0.0563 e. The second-order valence-corrected chi connectivity index (χ2v) is 17.9. The van der Waals surface area contributed by atoms with Gasteiger partial charge in [-0.15, -0.1) is 0 Å². The van der Waals surface area contributed by atoms with Crippen LogP contribution >= 0.6 is 0 Å². The fourth-order valence-corrected chi connectivity index (χ4v) is 10.3. The molecule has 1 unspecified atom stereocenters. The van der Waals surface area contributed by atoms with Gasteiger partial charge in [0.05, 0.1) is 6.04 Å². The van der Waals surface area contributed by atoms with Gasteiger partial charge in [0.15, 0.2) is 0 Å². The summed E-state index contributed by atoms with van der Waals surface area (Å²) < 4.78 is 0. The maximum absolute atomic E-state index is 4.14. The standard InChI is InChI=1S/C59H70N2/c1-7-11-13-15-17-19-37-59(38-20-18-16-14-12-8-2)57-43-53(60(49-29-21-25-45(5)39-49)51-31-23-27-47(9-3)41-51)33-35-55(57)56-36-34-54(44-58(56)59)61(50-30-22-26-46(6)40-50)52-32-24-28-48(10-4)42-52/h9-10,21-36,39-43,54H,3-4,7-8,11-20,37-38,44H2,1-2,5-6H3. The molecule has 0 radical (unpaired) electrons. The Labute approximate surface area is 369 Å². The first-order valence-electron chi connectivity index (χ1n) is 23.6. The lowest BCUT2D eigenvalue weighted by molar-refractivity contribution is 0.378. The van der Waals surface area contributed by atoms with E-state index in [0.29, 0.717) is 0 Å². The van der Waals surface area contributed by atoms with Crippen LogP contribution in [-0.2, 0) is 5.41 Å². The van der Waals surface area contributed by atoms with Crippen molar-refractivity contribution in [2.45, 2.75) is 135 Å². The molecule has 2 heteroatoms. The Kier molecular flexibility index (Phi) is 15.0. The van der Waals surface area contributed by atoms with Crippen LogP contribution in [0.25, 0.3) is 17.7 Å². The van der Waals surface area contributed by atoms with Gasteiger partial charge in [-0.05, 0) is 138 Å². The fraction of sp³-hybridized carbons (Fsp3) is 0.356. The van der Waals surface area contributed by atoms with Crippen molar-refractivity contribution in [1.29, 1.82) is 0 Å². The lowest BCUT2D eigenvalue weighted by atomic mass is 9.67. The van der Waals surface area contributed by atoms with Crippen molar-refractivity contribution in [2.75, 3.05) is 9.80 Å². The van der Waals surface area contributed by atoms with Gasteiger partial charge in [0.25, 0.3) is 0 Å². The van der Waals surface area contributed by atoms with E-state index in [1.165, 1.54) is 140 Å². The van der Waals surface area contributed by atoms with Gasteiger partial charge in [0, 0.05) is 33.9 Å². The normalized spacial score (nSPS) is 15.0. The summed E-state index contributed by atoms with van der Waals surface area (Å²) in [6, 6.07) is 43.5. The lowest BCUT2D eigenvalue weighted by Gasteiger charge is -2.40. The van der Waals surface area contributed by atoms with Crippen molar-refractivity contribution in [1.82, 2.24) is 0 Å². The molecule has 7 rings (SSSR count). The molecule has 2 nitrogen and oxygen atoms in total. The second-order valence-electron chi connectivity index (χ2n) is 17.9. The molecule has 5 aromatic rings. The third-order valence-corrected chi connectivity index (χ3v) is 13.4. The topological polar surface area (TPSA) is 6.48 Å². The van der Waals surface area contributed by atoms with Gasteiger partial charge in [-0.3, -0.25) is 0 Å². The summed E-state index contributed by atoms with van der Waals surface area (Å²) in [7, 11) is 0. The summed E-state index contributed by atoms with van der Waals surface area (Å²) in [5, 5.41) is 0. The van der Waals surface area contributed by atoms with Crippen molar-refractivity contribution >= 4 is 46.2 Å². The molecule has 0 aromatic heterocycles. The predicted octanol–water partition coefficient (Wildman–Crippen LogP) is 17.7. The van der Waals surface area contributed by atoms with E-state index in [2.05, 4.69) is 178 Å². The molecule has 0 bridgehead atoms. The van der Waals surface area contributed by atoms with E-state index < -0.39 is 0 Å². The number of hydrogen-bond acceptors (Lipinski definition) is 2. The third kappa shape index (κ3) is 10.1. The predicted molar refractivity (Wildman–Crippen MR) is 268 cm³/mol. The van der Waals surface area contributed by atoms with Crippen molar-refractivity contribution in [3.05, 3.63) is 180 Å². The van der Waals surface area contributed by atoms with E-state index in [-0.39, 0.29) is 11.5 Å². The van der Waals surface area contributed by atoms with Crippen LogP contribution in [0.2, 0.25) is 0 Å². The van der Waals surface area contributed by atoms with Gasteiger partial charge in [-0.2, -0.15) is 0 Å². The van der Waals surface area contributed by atoms with Gasteiger partial charge in [-0.25, -0.2) is 0 Å². The molecule has 0 amide bonds. The number of fused-ring (bicyclic) bond motifs is 2. The number of hydrogen-bond donors (Lipinski definition) is 0. The summed E-state index contributed by atoms with van der Waals surface area (Å²) in [6.07, 6.45) is 28.0. The number of nitrogens with zero attached hydrogens (tertiary/aromatic N) is 2. The second kappa shape index (κ2) is 21.0. The zero-order chi connectivity index (χ0) is 42.6. The van der Waals surface area contributed by atoms with Crippen molar-refractivity contribution in [3.8, 4) is 0 Å². The number of anilines is 5. The molecule has 0 N–H and O–H groups in total. The summed E-state index contributed by atoms with van der Waals surface area (Å²) in [6.45, 7) is 17.3. The zero-order valence-corrected chi connectivity index (χ0v) is 37.8. The Morgan fingerprint density at radius 2 is 1.05 bits per heavy atom. The molecule has 0 saturated heterocycles. The summed E-state index contributed by atoms with van der Waals surface area (Å²) in [4.78, 5) is 5.07. The van der Waals surface area contributed by atoms with E-state index >= 15 is 0 Å². The minimum Gasteiger partial charge on any atom is -0.334 e. The van der Waals surface area contributed by atoms with Crippen LogP contribution < -0.4 is 9.80 Å². The summed E-state index contributed by atoms with van der Waals surface area (Å²) in [5.74, 6) is 0. The highest BCUT2D eigenvalue weighted by Crippen LogP contribution is 2.57. The molecule has 0 aliphatic heterocycles. The number of rotatable bonds is 22. The molecular weight excluding hydrogens is 737 g/mol. The first-order chi connectivity index (χ1) is 29.9. The minimum atomic E-state index is -0.0400. The molecule has 316 valence electrons. The molecular formula is C59H70N2. The molecule has 2 aliphatic carbocycles. The lowest BCUT2D eigenvalue weighted by Crippen LogP contribution is -2.35. The Bertz CT molecular complexity index is 2310. The first kappa shape index (κ1) is 43.7. The van der Waals surface area contributed by atoms with Gasteiger partial charge < -0.3 is 9.80 Å². The summed E-state index contributed by atoms with van der Waals surface area (Å²) >= 11 is 0. The Balaban J connectivity index is 1.36. The van der Waals surface area contributed by atoms with Gasteiger partial charge in [-0.1, -0.05) is 183 Å². The van der Waals surface area contributed by atoms with E-state index in [1.54, 1.807) is 5.57 Å². The van der Waals surface area contributed by atoms with Crippen LogP contribution in [0.3, 0.4) is 0 Å². The zero-order valence-electron chi connectivity index (χ0n) is 37.8. The highest BCUT2D eigenvalue weighted by atomic mass is 15.2. The van der Waals surface area contributed by atoms with Crippen LogP contribution in [0.1, 0.15) is 144 Å². The number of allylic oxidation sites excluding steroid dienone is 2. The molecule has 1 atom stereocenters. The molecule has 2 aliphatic rings. The number of benzene rings is 5. The molecule has 0 saturated carbocycles. The van der Waals surface area contributed by atoms with Crippen LogP contribution in [0.5, 0.6) is 0 Å². The van der Waals surface area contributed by atoms with Gasteiger partial charge >= 0.3 is 0 Å². The number of aryl methyl sites for hydroxylation is 2. The van der Waals surface area contributed by atoms with Crippen LogP contribution in [0, 0.1) is 13.8 Å². The summed E-state index contributed by atoms with van der Waals surface area (Å²) in [5.41, 5.74) is 16.9. The average molecular weight is 807 g/mol. The van der Waals surface area contributed by atoms with Crippen molar-refractivity contribution in [2.24, 2.45) is 0 Å². The highest BCUT2D eigenvalue weighted by Gasteiger charge is 2.46. The minimum absolute atomic E-state index is 0.0400. The Hall–Kier alpha value is -5.34.